The molecule has 1 aliphatic rings. The number of esters is 1. The second-order valence-electron chi connectivity index (χ2n) is 7.69. The van der Waals surface area contributed by atoms with Crippen LogP contribution in [0, 0.1) is 5.92 Å². The van der Waals surface area contributed by atoms with Gasteiger partial charge in [-0.3, -0.25) is 14.5 Å². The van der Waals surface area contributed by atoms with Crippen molar-refractivity contribution in [3.63, 3.8) is 0 Å². The zero-order valence-corrected chi connectivity index (χ0v) is 18.5. The number of carbonyl (C=O) groups excluding carboxylic acids is 2. The van der Waals surface area contributed by atoms with Crippen LogP contribution in [0.1, 0.15) is 44.7 Å². The molecule has 0 fully saturated rings. The van der Waals surface area contributed by atoms with E-state index in [1.807, 2.05) is 41.0 Å². The van der Waals surface area contributed by atoms with Gasteiger partial charge in [-0.2, -0.15) is 0 Å². The summed E-state index contributed by atoms with van der Waals surface area (Å²) < 4.78 is 7.37. The molecule has 31 heavy (non-hydrogen) atoms. The number of unbranched alkanes of at least 4 members (excludes halogenated alkanes) is 2. The van der Waals surface area contributed by atoms with Gasteiger partial charge >= 0.3 is 5.97 Å². The average molecular weight is 440 g/mol. The van der Waals surface area contributed by atoms with Crippen molar-refractivity contribution in [2.45, 2.75) is 39.2 Å². The van der Waals surface area contributed by atoms with Gasteiger partial charge in [0.1, 0.15) is 0 Å². The number of aromatic nitrogens is 2. The number of carbonyl (C=O) groups is 2. The number of ether oxygens (including phenoxy) is 1. The van der Waals surface area contributed by atoms with Crippen LogP contribution in [-0.2, 0) is 14.3 Å². The van der Waals surface area contributed by atoms with Crippen LogP contribution in [0.5, 0.6) is 0 Å². The van der Waals surface area contributed by atoms with Crippen LogP contribution < -0.4 is 4.90 Å². The number of amides is 1. The Labute approximate surface area is 186 Å². The van der Waals surface area contributed by atoms with E-state index >= 15 is 0 Å². The van der Waals surface area contributed by atoms with Crippen LogP contribution >= 0.6 is 11.6 Å². The predicted octanol–water partition coefficient (Wildman–Crippen LogP) is 5.00. The fourth-order valence-electron chi connectivity index (χ4n) is 4.24. The Hall–Kier alpha value is -2.86. The molecule has 0 N–H and O–H groups in total. The summed E-state index contributed by atoms with van der Waals surface area (Å²) in [5.41, 5.74) is 2.47. The molecule has 0 aliphatic carbocycles. The minimum absolute atomic E-state index is 0.212. The van der Waals surface area contributed by atoms with E-state index in [1.165, 1.54) is 0 Å². The predicted molar refractivity (Wildman–Crippen MR) is 121 cm³/mol. The van der Waals surface area contributed by atoms with Gasteiger partial charge in [-0.05, 0) is 43.2 Å². The SMILES string of the molecule is CCCCCN1C(=O)[C@@H](C(=O)OCC)[C@H](c2ccc(Cl)cc2)n2c1nc1ccccc12. The van der Waals surface area contributed by atoms with Crippen molar-refractivity contribution in [2.24, 2.45) is 5.92 Å². The molecule has 0 saturated carbocycles. The first-order valence-corrected chi connectivity index (χ1v) is 11.1. The summed E-state index contributed by atoms with van der Waals surface area (Å²) >= 11 is 6.11. The number of rotatable bonds is 7. The summed E-state index contributed by atoms with van der Waals surface area (Å²) in [5.74, 6) is -1.20. The highest BCUT2D eigenvalue weighted by atomic mass is 35.5. The highest BCUT2D eigenvalue weighted by Gasteiger charge is 2.47. The molecule has 0 unspecified atom stereocenters. The van der Waals surface area contributed by atoms with Gasteiger partial charge in [-0.15, -0.1) is 0 Å². The Morgan fingerprint density at radius 2 is 1.84 bits per heavy atom. The zero-order valence-electron chi connectivity index (χ0n) is 17.8. The molecule has 162 valence electrons. The highest BCUT2D eigenvalue weighted by molar-refractivity contribution is 6.30. The molecular weight excluding hydrogens is 414 g/mol. The normalized spacial score (nSPS) is 18.3. The largest absolute Gasteiger partial charge is 0.465 e. The lowest BCUT2D eigenvalue weighted by molar-refractivity contribution is -0.153. The number of hydrogen-bond acceptors (Lipinski definition) is 4. The topological polar surface area (TPSA) is 64.4 Å². The van der Waals surface area contributed by atoms with Crippen LogP contribution in [-0.4, -0.2) is 34.6 Å². The Morgan fingerprint density at radius 3 is 2.55 bits per heavy atom. The number of imidazole rings is 1. The third kappa shape index (κ3) is 3.92. The van der Waals surface area contributed by atoms with Crippen molar-refractivity contribution < 1.29 is 14.3 Å². The number of hydrogen-bond donors (Lipinski definition) is 0. The van der Waals surface area contributed by atoms with Crippen molar-refractivity contribution >= 4 is 40.5 Å². The summed E-state index contributed by atoms with van der Waals surface area (Å²) in [7, 11) is 0. The number of halogens is 1. The summed E-state index contributed by atoms with van der Waals surface area (Å²) in [4.78, 5) is 33.2. The van der Waals surface area contributed by atoms with Gasteiger partial charge in [0.05, 0.1) is 23.7 Å². The first-order valence-electron chi connectivity index (χ1n) is 10.8. The van der Waals surface area contributed by atoms with Crippen molar-refractivity contribution in [1.82, 2.24) is 9.55 Å². The highest BCUT2D eigenvalue weighted by Crippen LogP contribution is 2.41. The van der Waals surface area contributed by atoms with Crippen LogP contribution in [0.4, 0.5) is 5.95 Å². The van der Waals surface area contributed by atoms with Crippen molar-refractivity contribution in [3.05, 3.63) is 59.1 Å². The lowest BCUT2D eigenvalue weighted by Gasteiger charge is -2.38. The van der Waals surface area contributed by atoms with Crippen molar-refractivity contribution in [3.8, 4) is 0 Å². The maximum absolute atomic E-state index is 13.7. The van der Waals surface area contributed by atoms with Crippen LogP contribution in [0.3, 0.4) is 0 Å². The molecule has 1 amide bonds. The van der Waals surface area contributed by atoms with Gasteiger partial charge in [-0.1, -0.05) is 55.6 Å². The molecule has 0 spiro atoms. The van der Waals surface area contributed by atoms with Gasteiger partial charge in [-0.25, -0.2) is 4.98 Å². The molecule has 6 nitrogen and oxygen atoms in total. The molecule has 4 rings (SSSR count). The molecule has 3 aromatic rings. The fourth-order valence-corrected chi connectivity index (χ4v) is 4.37. The van der Waals surface area contributed by atoms with Crippen molar-refractivity contribution in [2.75, 3.05) is 18.1 Å². The van der Waals surface area contributed by atoms with Gasteiger partial charge in [0.25, 0.3) is 0 Å². The number of nitrogens with zero attached hydrogens (tertiary/aromatic N) is 3. The number of fused-ring (bicyclic) bond motifs is 3. The van der Waals surface area contributed by atoms with Crippen LogP contribution in [0.15, 0.2) is 48.5 Å². The monoisotopic (exact) mass is 439 g/mol. The van der Waals surface area contributed by atoms with Crippen LogP contribution in [0.2, 0.25) is 5.02 Å². The molecule has 2 heterocycles. The Bertz CT molecular complexity index is 1090. The molecule has 1 aliphatic heterocycles. The van der Waals surface area contributed by atoms with E-state index in [2.05, 4.69) is 6.92 Å². The lowest BCUT2D eigenvalue weighted by Crippen LogP contribution is -2.50. The minimum Gasteiger partial charge on any atom is -0.465 e. The van der Waals surface area contributed by atoms with E-state index < -0.39 is 17.9 Å². The first kappa shape index (κ1) is 21.4. The Kier molecular flexibility index (Phi) is 6.28. The molecule has 2 atom stereocenters. The van der Waals surface area contributed by atoms with Crippen molar-refractivity contribution in [1.29, 1.82) is 0 Å². The molecule has 0 saturated heterocycles. The van der Waals surface area contributed by atoms with Gasteiger partial charge in [0.2, 0.25) is 11.9 Å². The second kappa shape index (κ2) is 9.10. The Morgan fingerprint density at radius 1 is 1.10 bits per heavy atom. The smallest absolute Gasteiger partial charge is 0.321 e. The quantitative estimate of drug-likeness (QED) is 0.295. The van der Waals surface area contributed by atoms with E-state index in [9.17, 15) is 9.59 Å². The second-order valence-corrected chi connectivity index (χ2v) is 8.13. The molecule has 2 aromatic carbocycles. The first-order chi connectivity index (χ1) is 15.1. The number of anilines is 1. The molecule has 0 radical (unpaired) electrons. The standard InChI is InChI=1S/C24H26ClN3O3/c1-3-5-8-15-27-22(29)20(23(30)31-4-2)21(16-11-13-17(25)14-12-16)28-19-10-7-6-9-18(19)26-24(27)28/h6-7,9-14,20-21H,3-5,8,15H2,1-2H3/t20-,21-/m0/s1. The maximum atomic E-state index is 13.7. The summed E-state index contributed by atoms with van der Waals surface area (Å²) in [6.07, 6.45) is 2.87. The fraction of sp³-hybridized carbons (Fsp3) is 0.375. The zero-order chi connectivity index (χ0) is 22.0. The summed E-state index contributed by atoms with van der Waals surface area (Å²) in [6, 6.07) is 14.5. The van der Waals surface area contributed by atoms with E-state index in [4.69, 9.17) is 21.3 Å². The molecule has 1 aromatic heterocycles. The lowest BCUT2D eigenvalue weighted by atomic mass is 9.89. The van der Waals surface area contributed by atoms with E-state index in [0.717, 1.165) is 35.9 Å². The Balaban J connectivity index is 1.93. The third-order valence-electron chi connectivity index (χ3n) is 5.68. The van der Waals surface area contributed by atoms with Crippen LogP contribution in [0.25, 0.3) is 11.0 Å². The third-order valence-corrected chi connectivity index (χ3v) is 5.93. The summed E-state index contributed by atoms with van der Waals surface area (Å²) in [6.45, 7) is 4.59. The number of benzene rings is 2. The van der Waals surface area contributed by atoms with E-state index in [0.29, 0.717) is 17.5 Å². The molecule has 0 bridgehead atoms. The van der Waals surface area contributed by atoms with Gasteiger partial charge < -0.3 is 9.30 Å². The maximum Gasteiger partial charge on any atom is 0.321 e. The van der Waals surface area contributed by atoms with E-state index in [-0.39, 0.29) is 12.5 Å². The molecular formula is C24H26ClN3O3. The average Bonchev–Trinajstić information content (AvgIpc) is 3.15. The minimum atomic E-state index is -0.993. The molecule has 7 heteroatoms. The summed E-state index contributed by atoms with van der Waals surface area (Å²) in [5, 5.41) is 0.593. The number of para-hydroxylation sites is 2. The van der Waals surface area contributed by atoms with Gasteiger partial charge in [0, 0.05) is 11.6 Å². The van der Waals surface area contributed by atoms with Gasteiger partial charge in [0.15, 0.2) is 5.92 Å². The van der Waals surface area contributed by atoms with E-state index in [1.54, 1.807) is 24.0 Å².